The molecule has 0 amide bonds. The average molecular weight is 274 g/mol. The highest BCUT2D eigenvalue weighted by Crippen LogP contribution is 2.19. The summed E-state index contributed by atoms with van der Waals surface area (Å²) in [6, 6.07) is 6.66. The smallest absolute Gasteiger partial charge is 0.163 e. The third-order valence-corrected chi connectivity index (χ3v) is 3.43. The number of rotatable bonds is 5. The van der Waals surface area contributed by atoms with Crippen molar-refractivity contribution in [3.8, 4) is 0 Å². The third-order valence-electron chi connectivity index (χ3n) is 3.43. The van der Waals surface area contributed by atoms with E-state index in [0.29, 0.717) is 30.5 Å². The monoisotopic (exact) mass is 274 g/mol. The standard InChI is InChI=1S/C16H19FN2O/c1-4-14-16(11(3)20)15(5-2)19(18-14)10-12-8-6-7-9-13(12)17/h6-9H,4-5,10H2,1-3H3. The van der Waals surface area contributed by atoms with Gasteiger partial charge in [0, 0.05) is 11.3 Å². The number of benzene rings is 1. The van der Waals surface area contributed by atoms with E-state index in [0.717, 1.165) is 11.4 Å². The van der Waals surface area contributed by atoms with Crippen molar-refractivity contribution in [2.45, 2.75) is 40.2 Å². The van der Waals surface area contributed by atoms with Crippen LogP contribution in [0.15, 0.2) is 24.3 Å². The fourth-order valence-electron chi connectivity index (χ4n) is 2.48. The SMILES string of the molecule is CCc1nn(Cc2ccccc2F)c(CC)c1C(C)=O. The van der Waals surface area contributed by atoms with E-state index < -0.39 is 0 Å². The number of halogens is 1. The molecule has 3 nitrogen and oxygen atoms in total. The van der Waals surface area contributed by atoms with Gasteiger partial charge in [-0.1, -0.05) is 32.0 Å². The first-order chi connectivity index (χ1) is 9.58. The zero-order valence-electron chi connectivity index (χ0n) is 12.1. The number of hydrogen-bond donors (Lipinski definition) is 0. The fourth-order valence-corrected chi connectivity index (χ4v) is 2.48. The van der Waals surface area contributed by atoms with Crippen LogP contribution >= 0.6 is 0 Å². The van der Waals surface area contributed by atoms with Crippen molar-refractivity contribution in [2.24, 2.45) is 0 Å². The van der Waals surface area contributed by atoms with Crippen LogP contribution in [0.5, 0.6) is 0 Å². The number of Topliss-reactive ketones (excluding diaryl/α,β-unsaturated/α-hetero) is 1. The summed E-state index contributed by atoms with van der Waals surface area (Å²) in [4.78, 5) is 11.8. The molecule has 1 aromatic heterocycles. The number of hydrogen-bond acceptors (Lipinski definition) is 2. The fraction of sp³-hybridized carbons (Fsp3) is 0.375. The van der Waals surface area contributed by atoms with E-state index in [1.165, 1.54) is 6.07 Å². The van der Waals surface area contributed by atoms with Gasteiger partial charge in [-0.25, -0.2) is 4.39 Å². The van der Waals surface area contributed by atoms with Crippen LogP contribution < -0.4 is 0 Å². The molecule has 0 N–H and O–H groups in total. The summed E-state index contributed by atoms with van der Waals surface area (Å²) in [6.45, 7) is 5.88. The molecule has 1 heterocycles. The van der Waals surface area contributed by atoms with Crippen molar-refractivity contribution in [3.05, 3.63) is 52.6 Å². The normalized spacial score (nSPS) is 10.8. The molecule has 0 aliphatic rings. The Bertz CT molecular complexity index is 631. The summed E-state index contributed by atoms with van der Waals surface area (Å²) in [5.41, 5.74) is 2.97. The Morgan fingerprint density at radius 2 is 1.95 bits per heavy atom. The summed E-state index contributed by atoms with van der Waals surface area (Å²) in [5.74, 6) is -0.217. The van der Waals surface area contributed by atoms with Crippen molar-refractivity contribution >= 4 is 5.78 Å². The lowest BCUT2D eigenvalue weighted by Crippen LogP contribution is -2.09. The summed E-state index contributed by atoms with van der Waals surface area (Å²) in [5, 5.41) is 4.49. The van der Waals surface area contributed by atoms with Crippen LogP contribution in [0.4, 0.5) is 4.39 Å². The van der Waals surface area contributed by atoms with Gasteiger partial charge in [-0.15, -0.1) is 0 Å². The van der Waals surface area contributed by atoms with E-state index >= 15 is 0 Å². The van der Waals surface area contributed by atoms with Gasteiger partial charge in [0.2, 0.25) is 0 Å². The van der Waals surface area contributed by atoms with Gasteiger partial charge in [-0.3, -0.25) is 9.48 Å². The van der Waals surface area contributed by atoms with Gasteiger partial charge >= 0.3 is 0 Å². The highest BCUT2D eigenvalue weighted by Gasteiger charge is 2.19. The van der Waals surface area contributed by atoms with Gasteiger partial charge in [0.15, 0.2) is 5.78 Å². The average Bonchev–Trinajstić information content (AvgIpc) is 2.79. The summed E-state index contributed by atoms with van der Waals surface area (Å²) in [7, 11) is 0. The van der Waals surface area contributed by atoms with Crippen LogP contribution in [0.1, 0.15) is 48.1 Å². The molecular formula is C16H19FN2O. The van der Waals surface area contributed by atoms with Gasteiger partial charge in [0.05, 0.1) is 17.8 Å². The number of aryl methyl sites for hydroxylation is 1. The number of ketones is 1. The second-order valence-electron chi connectivity index (χ2n) is 4.78. The molecule has 0 bridgehead atoms. The molecule has 0 radical (unpaired) electrons. The lowest BCUT2D eigenvalue weighted by atomic mass is 10.1. The Balaban J connectivity index is 2.47. The van der Waals surface area contributed by atoms with E-state index in [1.54, 1.807) is 29.8 Å². The van der Waals surface area contributed by atoms with Crippen LogP contribution in [0.3, 0.4) is 0 Å². The molecule has 0 unspecified atom stereocenters. The molecule has 1 aromatic carbocycles. The maximum Gasteiger partial charge on any atom is 0.163 e. The van der Waals surface area contributed by atoms with E-state index in [1.807, 2.05) is 13.8 Å². The first kappa shape index (κ1) is 14.4. The molecule has 0 fully saturated rings. The lowest BCUT2D eigenvalue weighted by molar-refractivity contribution is 0.101. The Labute approximate surface area is 118 Å². The molecule has 4 heteroatoms. The van der Waals surface area contributed by atoms with Gasteiger partial charge in [-0.05, 0) is 25.8 Å². The molecule has 0 saturated carbocycles. The second-order valence-corrected chi connectivity index (χ2v) is 4.78. The zero-order chi connectivity index (χ0) is 14.7. The van der Waals surface area contributed by atoms with Gasteiger partial charge in [0.25, 0.3) is 0 Å². The minimum absolute atomic E-state index is 0.0264. The second kappa shape index (κ2) is 5.99. The minimum atomic E-state index is -0.243. The Kier molecular flexibility index (Phi) is 4.32. The van der Waals surface area contributed by atoms with Gasteiger partial charge < -0.3 is 0 Å². The first-order valence-electron chi connectivity index (χ1n) is 6.91. The zero-order valence-corrected chi connectivity index (χ0v) is 12.1. The highest BCUT2D eigenvalue weighted by atomic mass is 19.1. The summed E-state index contributed by atoms with van der Waals surface area (Å²) >= 11 is 0. The largest absolute Gasteiger partial charge is 0.294 e. The molecule has 0 saturated heterocycles. The van der Waals surface area contributed by atoms with E-state index in [-0.39, 0.29) is 11.6 Å². The van der Waals surface area contributed by atoms with Crippen molar-refractivity contribution in [2.75, 3.05) is 0 Å². The quantitative estimate of drug-likeness (QED) is 0.783. The molecule has 0 aliphatic carbocycles. The molecule has 0 aliphatic heterocycles. The van der Waals surface area contributed by atoms with Crippen LogP contribution in [0.25, 0.3) is 0 Å². The maximum absolute atomic E-state index is 13.8. The first-order valence-corrected chi connectivity index (χ1v) is 6.91. The molecule has 20 heavy (non-hydrogen) atoms. The molecule has 0 spiro atoms. The van der Waals surface area contributed by atoms with Gasteiger partial charge in [-0.2, -0.15) is 5.10 Å². The van der Waals surface area contributed by atoms with Gasteiger partial charge in [0.1, 0.15) is 5.82 Å². The van der Waals surface area contributed by atoms with Crippen LogP contribution in [-0.2, 0) is 19.4 Å². The van der Waals surface area contributed by atoms with Crippen molar-refractivity contribution in [1.29, 1.82) is 0 Å². The predicted molar refractivity (Wildman–Crippen MR) is 76.5 cm³/mol. The van der Waals surface area contributed by atoms with Crippen molar-refractivity contribution < 1.29 is 9.18 Å². The van der Waals surface area contributed by atoms with Crippen LogP contribution in [-0.4, -0.2) is 15.6 Å². The molecule has 0 atom stereocenters. The summed E-state index contributed by atoms with van der Waals surface area (Å²) in [6.07, 6.45) is 1.41. The third kappa shape index (κ3) is 2.64. The van der Waals surface area contributed by atoms with E-state index in [4.69, 9.17) is 0 Å². The van der Waals surface area contributed by atoms with Crippen LogP contribution in [0, 0.1) is 5.82 Å². The molecular weight excluding hydrogens is 255 g/mol. The number of aromatic nitrogens is 2. The summed E-state index contributed by atoms with van der Waals surface area (Å²) < 4.78 is 15.5. The number of nitrogens with zero attached hydrogens (tertiary/aromatic N) is 2. The molecule has 2 rings (SSSR count). The van der Waals surface area contributed by atoms with E-state index in [2.05, 4.69) is 5.10 Å². The van der Waals surface area contributed by atoms with Crippen molar-refractivity contribution in [1.82, 2.24) is 9.78 Å². The van der Waals surface area contributed by atoms with Crippen molar-refractivity contribution in [3.63, 3.8) is 0 Å². The Morgan fingerprint density at radius 1 is 1.25 bits per heavy atom. The lowest BCUT2D eigenvalue weighted by Gasteiger charge is -2.07. The van der Waals surface area contributed by atoms with E-state index in [9.17, 15) is 9.18 Å². The minimum Gasteiger partial charge on any atom is -0.294 e. The Morgan fingerprint density at radius 3 is 2.50 bits per heavy atom. The Hall–Kier alpha value is -1.97. The molecule has 106 valence electrons. The topological polar surface area (TPSA) is 34.9 Å². The van der Waals surface area contributed by atoms with Crippen LogP contribution in [0.2, 0.25) is 0 Å². The highest BCUT2D eigenvalue weighted by molar-refractivity contribution is 5.96. The maximum atomic E-state index is 13.8. The number of carbonyl (C=O) groups is 1. The number of carbonyl (C=O) groups excluding carboxylic acids is 1. The predicted octanol–water partition coefficient (Wildman–Crippen LogP) is 3.40. The molecule has 2 aromatic rings.